The number of hydrogen-bond donors (Lipinski definition) is 1. The molecule has 94 valence electrons. The van der Waals surface area contributed by atoms with Crippen LogP contribution in [0.3, 0.4) is 0 Å². The highest BCUT2D eigenvalue weighted by molar-refractivity contribution is 5.69. The number of ether oxygens (including phenoxy) is 2. The monoisotopic (exact) mass is 232 g/mol. The van der Waals surface area contributed by atoms with E-state index in [4.69, 9.17) is 14.6 Å². The third-order valence-electron chi connectivity index (χ3n) is 1.94. The molecular formula is C11H20O5. The van der Waals surface area contributed by atoms with E-state index in [0.717, 1.165) is 19.3 Å². The summed E-state index contributed by atoms with van der Waals surface area (Å²) < 4.78 is 9.85. The fourth-order valence-corrected chi connectivity index (χ4v) is 1.07. The van der Waals surface area contributed by atoms with Crippen molar-refractivity contribution in [2.45, 2.75) is 39.0 Å². The summed E-state index contributed by atoms with van der Waals surface area (Å²) in [6, 6.07) is 0. The molecule has 0 radical (unpaired) electrons. The van der Waals surface area contributed by atoms with E-state index < -0.39 is 5.97 Å². The van der Waals surface area contributed by atoms with E-state index in [-0.39, 0.29) is 32.2 Å². The summed E-state index contributed by atoms with van der Waals surface area (Å²) in [6.07, 6.45) is 3.39. The van der Waals surface area contributed by atoms with Crippen LogP contribution in [0.2, 0.25) is 0 Å². The van der Waals surface area contributed by atoms with Gasteiger partial charge in [-0.15, -0.1) is 0 Å². The molecule has 0 saturated heterocycles. The van der Waals surface area contributed by atoms with Crippen molar-refractivity contribution in [2.75, 3.05) is 19.8 Å². The lowest BCUT2D eigenvalue weighted by molar-refractivity contribution is -0.146. The second kappa shape index (κ2) is 10.4. The van der Waals surface area contributed by atoms with Crippen LogP contribution >= 0.6 is 0 Å². The molecule has 0 unspecified atom stereocenters. The zero-order chi connectivity index (χ0) is 12.2. The highest BCUT2D eigenvalue weighted by Gasteiger charge is 2.02. The van der Waals surface area contributed by atoms with Gasteiger partial charge in [-0.25, -0.2) is 0 Å². The van der Waals surface area contributed by atoms with Crippen molar-refractivity contribution in [3.05, 3.63) is 0 Å². The molecule has 0 amide bonds. The number of aliphatic carboxylic acids is 1. The van der Waals surface area contributed by atoms with Gasteiger partial charge in [0.15, 0.2) is 0 Å². The molecule has 0 aromatic rings. The minimum atomic E-state index is -0.892. The Morgan fingerprint density at radius 3 is 2.44 bits per heavy atom. The molecule has 0 spiro atoms. The van der Waals surface area contributed by atoms with E-state index in [1.165, 1.54) is 0 Å². The Morgan fingerprint density at radius 1 is 1.06 bits per heavy atom. The molecule has 0 aliphatic heterocycles. The quantitative estimate of drug-likeness (QED) is 0.457. The first-order chi connectivity index (χ1) is 7.66. The van der Waals surface area contributed by atoms with E-state index in [9.17, 15) is 9.59 Å². The number of carbonyl (C=O) groups excluding carboxylic acids is 1. The van der Waals surface area contributed by atoms with Crippen LogP contribution in [0.15, 0.2) is 0 Å². The van der Waals surface area contributed by atoms with Crippen LogP contribution in [0.25, 0.3) is 0 Å². The van der Waals surface area contributed by atoms with Gasteiger partial charge in [-0.1, -0.05) is 19.8 Å². The van der Waals surface area contributed by atoms with Crippen molar-refractivity contribution >= 4 is 11.9 Å². The van der Waals surface area contributed by atoms with Crippen LogP contribution < -0.4 is 0 Å². The van der Waals surface area contributed by atoms with Crippen LogP contribution in [0, 0.1) is 0 Å². The van der Waals surface area contributed by atoms with Gasteiger partial charge in [0.1, 0.15) is 6.61 Å². The summed E-state index contributed by atoms with van der Waals surface area (Å²) in [6.45, 7) is 2.68. The Labute approximate surface area is 95.7 Å². The van der Waals surface area contributed by atoms with Gasteiger partial charge < -0.3 is 14.6 Å². The number of carboxylic acids is 1. The highest BCUT2D eigenvalue weighted by atomic mass is 16.6. The Hall–Kier alpha value is -1.10. The number of carbonyl (C=O) groups is 2. The van der Waals surface area contributed by atoms with Gasteiger partial charge in [-0.2, -0.15) is 0 Å². The summed E-state index contributed by atoms with van der Waals surface area (Å²) in [5, 5.41) is 8.31. The fourth-order valence-electron chi connectivity index (χ4n) is 1.07. The van der Waals surface area contributed by atoms with E-state index in [1.54, 1.807) is 0 Å². The number of hydrogen-bond acceptors (Lipinski definition) is 4. The number of unbranched alkanes of at least 4 members (excludes halogenated alkanes) is 2. The van der Waals surface area contributed by atoms with E-state index in [0.29, 0.717) is 6.42 Å². The molecule has 0 aromatic heterocycles. The molecule has 0 fully saturated rings. The third-order valence-corrected chi connectivity index (χ3v) is 1.94. The molecular weight excluding hydrogens is 212 g/mol. The molecule has 0 heterocycles. The largest absolute Gasteiger partial charge is 0.481 e. The van der Waals surface area contributed by atoms with Gasteiger partial charge in [0.05, 0.1) is 19.6 Å². The Bertz CT molecular complexity index is 203. The molecule has 0 rings (SSSR count). The van der Waals surface area contributed by atoms with Gasteiger partial charge in [-0.05, 0) is 6.42 Å². The molecule has 0 saturated carbocycles. The molecule has 0 bridgehead atoms. The maximum atomic E-state index is 11.1. The number of carboxylic acid groups (broad SMARTS) is 1. The predicted octanol–water partition coefficient (Wildman–Crippen LogP) is 1.60. The van der Waals surface area contributed by atoms with Crippen LogP contribution in [0.4, 0.5) is 0 Å². The average molecular weight is 232 g/mol. The topological polar surface area (TPSA) is 72.8 Å². The molecule has 0 aromatic carbocycles. The zero-order valence-electron chi connectivity index (χ0n) is 9.74. The summed E-state index contributed by atoms with van der Waals surface area (Å²) in [7, 11) is 0. The molecule has 0 aliphatic rings. The van der Waals surface area contributed by atoms with Crippen molar-refractivity contribution in [1.29, 1.82) is 0 Å². The van der Waals surface area contributed by atoms with Crippen molar-refractivity contribution in [2.24, 2.45) is 0 Å². The van der Waals surface area contributed by atoms with Crippen LogP contribution in [0.1, 0.15) is 39.0 Å². The zero-order valence-corrected chi connectivity index (χ0v) is 9.74. The first-order valence-corrected chi connectivity index (χ1v) is 5.62. The Kier molecular flexibility index (Phi) is 9.70. The third kappa shape index (κ3) is 11.0. The minimum Gasteiger partial charge on any atom is -0.481 e. The van der Waals surface area contributed by atoms with Crippen molar-refractivity contribution < 1.29 is 24.2 Å². The predicted molar refractivity (Wildman–Crippen MR) is 58.2 cm³/mol. The molecule has 0 aliphatic carbocycles. The normalized spacial score (nSPS) is 10.1. The second-order valence-electron chi connectivity index (χ2n) is 3.43. The first kappa shape index (κ1) is 14.9. The Balaban J connectivity index is 3.18. The van der Waals surface area contributed by atoms with E-state index in [1.807, 2.05) is 0 Å². The molecule has 5 heteroatoms. The van der Waals surface area contributed by atoms with Crippen LogP contribution in [0.5, 0.6) is 0 Å². The van der Waals surface area contributed by atoms with Crippen molar-refractivity contribution in [3.8, 4) is 0 Å². The summed E-state index contributed by atoms with van der Waals surface area (Å²) in [4.78, 5) is 21.2. The van der Waals surface area contributed by atoms with Crippen molar-refractivity contribution in [3.63, 3.8) is 0 Å². The standard InChI is InChI=1S/C11H20O5/c1-2-3-4-5-11(14)16-9-8-15-7-6-10(12)13/h2-9H2,1H3,(H,12,13). The number of rotatable bonds is 10. The molecule has 0 atom stereocenters. The van der Waals surface area contributed by atoms with E-state index in [2.05, 4.69) is 6.92 Å². The molecule has 5 nitrogen and oxygen atoms in total. The van der Waals surface area contributed by atoms with Crippen LogP contribution in [-0.2, 0) is 19.1 Å². The van der Waals surface area contributed by atoms with Gasteiger partial charge >= 0.3 is 11.9 Å². The van der Waals surface area contributed by atoms with Gasteiger partial charge in [0.25, 0.3) is 0 Å². The fraction of sp³-hybridized carbons (Fsp3) is 0.818. The lowest BCUT2D eigenvalue weighted by Crippen LogP contribution is -2.12. The molecule has 1 N–H and O–H groups in total. The number of esters is 1. The molecule has 16 heavy (non-hydrogen) atoms. The lowest BCUT2D eigenvalue weighted by atomic mass is 10.2. The maximum absolute atomic E-state index is 11.1. The average Bonchev–Trinajstić information content (AvgIpc) is 2.23. The SMILES string of the molecule is CCCCCC(=O)OCCOCCC(=O)O. The van der Waals surface area contributed by atoms with Gasteiger partial charge in [-0.3, -0.25) is 9.59 Å². The first-order valence-electron chi connectivity index (χ1n) is 5.62. The van der Waals surface area contributed by atoms with Gasteiger partial charge in [0, 0.05) is 6.42 Å². The summed E-state index contributed by atoms with van der Waals surface area (Å²) in [5.74, 6) is -1.10. The Morgan fingerprint density at radius 2 is 1.81 bits per heavy atom. The highest BCUT2D eigenvalue weighted by Crippen LogP contribution is 2.00. The van der Waals surface area contributed by atoms with Gasteiger partial charge in [0.2, 0.25) is 0 Å². The van der Waals surface area contributed by atoms with E-state index >= 15 is 0 Å². The maximum Gasteiger partial charge on any atom is 0.305 e. The lowest BCUT2D eigenvalue weighted by Gasteiger charge is -2.04. The van der Waals surface area contributed by atoms with Crippen LogP contribution in [-0.4, -0.2) is 36.9 Å². The summed E-state index contributed by atoms with van der Waals surface area (Å²) in [5.41, 5.74) is 0. The minimum absolute atomic E-state index is 0.0234. The second-order valence-corrected chi connectivity index (χ2v) is 3.43. The smallest absolute Gasteiger partial charge is 0.305 e. The van der Waals surface area contributed by atoms with Crippen molar-refractivity contribution in [1.82, 2.24) is 0 Å². The summed E-state index contributed by atoms with van der Waals surface area (Å²) >= 11 is 0.